The SMILES string of the molecule is CC(=O)NCCCNC1(c2cnc(CC(C)C)s2)CC1.Cc1cc(F)cc(F)c1. The summed E-state index contributed by atoms with van der Waals surface area (Å²) in [5.74, 6) is -0.332. The zero-order chi connectivity index (χ0) is 21.4. The molecule has 0 bridgehead atoms. The van der Waals surface area contributed by atoms with Crippen molar-refractivity contribution in [2.75, 3.05) is 13.1 Å². The molecule has 1 saturated carbocycles. The molecule has 1 heterocycles. The molecule has 0 radical (unpaired) electrons. The Morgan fingerprint density at radius 2 is 1.86 bits per heavy atom. The van der Waals surface area contributed by atoms with Crippen molar-refractivity contribution in [3.63, 3.8) is 0 Å². The molecule has 1 aromatic heterocycles. The fourth-order valence-electron chi connectivity index (χ4n) is 2.98. The lowest BCUT2D eigenvalue weighted by molar-refractivity contribution is -0.118. The number of aryl methyl sites for hydroxylation is 1. The Bertz CT molecular complexity index is 753. The molecule has 0 aliphatic heterocycles. The van der Waals surface area contributed by atoms with Gasteiger partial charge >= 0.3 is 0 Å². The second-order valence-electron chi connectivity index (χ2n) is 8.01. The molecule has 4 nitrogen and oxygen atoms in total. The number of rotatable bonds is 8. The summed E-state index contributed by atoms with van der Waals surface area (Å²) in [4.78, 5) is 16.7. The van der Waals surface area contributed by atoms with Crippen LogP contribution in [0.15, 0.2) is 24.4 Å². The number of carbonyl (C=O) groups excluding carboxylic acids is 1. The van der Waals surface area contributed by atoms with Crippen molar-refractivity contribution in [1.29, 1.82) is 0 Å². The van der Waals surface area contributed by atoms with E-state index in [1.165, 1.54) is 34.9 Å². The maximum absolute atomic E-state index is 12.2. The molecule has 1 aliphatic rings. The number of halogens is 2. The minimum Gasteiger partial charge on any atom is -0.356 e. The van der Waals surface area contributed by atoms with Crippen molar-refractivity contribution in [2.45, 2.75) is 58.9 Å². The first-order valence-corrected chi connectivity index (χ1v) is 10.9. The molecule has 0 spiro atoms. The quantitative estimate of drug-likeness (QED) is 0.604. The number of carbonyl (C=O) groups is 1. The zero-order valence-electron chi connectivity index (χ0n) is 17.6. The van der Waals surface area contributed by atoms with E-state index < -0.39 is 11.6 Å². The van der Waals surface area contributed by atoms with E-state index in [1.807, 2.05) is 11.3 Å². The highest BCUT2D eigenvalue weighted by Gasteiger charge is 2.45. The minimum atomic E-state index is -0.521. The van der Waals surface area contributed by atoms with Gasteiger partial charge in [-0.15, -0.1) is 11.3 Å². The molecule has 2 aromatic rings. The maximum atomic E-state index is 12.2. The monoisotopic (exact) mass is 423 g/mol. The van der Waals surface area contributed by atoms with E-state index in [2.05, 4.69) is 35.7 Å². The summed E-state index contributed by atoms with van der Waals surface area (Å²) >= 11 is 1.86. The number of aromatic nitrogens is 1. The number of nitrogens with one attached hydrogen (secondary N) is 2. The Balaban J connectivity index is 0.000000278. The average Bonchev–Trinajstić information content (AvgIpc) is 3.24. The summed E-state index contributed by atoms with van der Waals surface area (Å²) in [6, 6.07) is 3.42. The van der Waals surface area contributed by atoms with Gasteiger partial charge < -0.3 is 10.6 Å². The number of nitrogens with zero attached hydrogens (tertiary/aromatic N) is 1. The van der Waals surface area contributed by atoms with Crippen molar-refractivity contribution in [3.05, 3.63) is 51.5 Å². The summed E-state index contributed by atoms with van der Waals surface area (Å²) in [6.07, 6.45) is 6.51. The molecule has 1 aromatic carbocycles. The Morgan fingerprint density at radius 1 is 1.21 bits per heavy atom. The summed E-state index contributed by atoms with van der Waals surface area (Å²) in [7, 11) is 0. The van der Waals surface area contributed by atoms with Gasteiger partial charge in [-0.2, -0.15) is 0 Å². The summed E-state index contributed by atoms with van der Waals surface area (Å²) in [5, 5.41) is 7.73. The van der Waals surface area contributed by atoms with E-state index in [0.29, 0.717) is 11.5 Å². The van der Waals surface area contributed by atoms with E-state index >= 15 is 0 Å². The van der Waals surface area contributed by atoms with Gasteiger partial charge in [0.1, 0.15) is 11.6 Å². The van der Waals surface area contributed by atoms with Crippen molar-refractivity contribution in [3.8, 4) is 0 Å². The Morgan fingerprint density at radius 3 is 2.38 bits per heavy atom. The Kier molecular flexibility index (Phi) is 8.71. The maximum Gasteiger partial charge on any atom is 0.216 e. The standard InChI is InChI=1S/C15H25N3OS.C7H6F2/c1-11(2)9-14-17-10-13(20-14)15(5-6-15)18-8-4-7-16-12(3)19;1-5-2-6(8)4-7(9)3-5/h10-11,18H,4-9H2,1-3H3,(H,16,19);2-4H,1H3. The highest BCUT2D eigenvalue weighted by atomic mass is 32.1. The molecule has 3 rings (SSSR count). The van der Waals surface area contributed by atoms with Gasteiger partial charge in [0.05, 0.1) is 10.5 Å². The van der Waals surface area contributed by atoms with E-state index in [0.717, 1.165) is 32.0 Å². The van der Waals surface area contributed by atoms with Gasteiger partial charge in [0.15, 0.2) is 0 Å². The van der Waals surface area contributed by atoms with Crippen LogP contribution in [0.4, 0.5) is 8.78 Å². The average molecular weight is 424 g/mol. The lowest BCUT2D eigenvalue weighted by atomic mass is 10.1. The van der Waals surface area contributed by atoms with Gasteiger partial charge in [-0.05, 0) is 56.3 Å². The number of amides is 1. The highest BCUT2D eigenvalue weighted by Crippen LogP contribution is 2.47. The summed E-state index contributed by atoms with van der Waals surface area (Å²) in [6.45, 7) is 9.36. The zero-order valence-corrected chi connectivity index (χ0v) is 18.5. The molecule has 1 amide bonds. The first kappa shape index (κ1) is 23.4. The van der Waals surface area contributed by atoms with Gasteiger partial charge in [-0.3, -0.25) is 4.79 Å². The molecule has 1 aliphatic carbocycles. The van der Waals surface area contributed by atoms with Crippen LogP contribution >= 0.6 is 11.3 Å². The fraction of sp³-hybridized carbons (Fsp3) is 0.545. The van der Waals surface area contributed by atoms with Gasteiger partial charge in [-0.1, -0.05) is 13.8 Å². The third kappa shape index (κ3) is 8.19. The third-order valence-electron chi connectivity index (χ3n) is 4.56. The van der Waals surface area contributed by atoms with Crippen LogP contribution in [0.2, 0.25) is 0 Å². The number of hydrogen-bond donors (Lipinski definition) is 2. The van der Waals surface area contributed by atoms with Gasteiger partial charge in [0, 0.05) is 37.0 Å². The Labute approximate surface area is 176 Å². The van der Waals surface area contributed by atoms with Crippen LogP contribution in [0, 0.1) is 24.5 Å². The molecule has 160 valence electrons. The van der Waals surface area contributed by atoms with Crippen LogP contribution in [0.25, 0.3) is 0 Å². The second-order valence-corrected chi connectivity index (χ2v) is 9.12. The number of thiazole rings is 1. The molecule has 7 heteroatoms. The number of hydrogen-bond acceptors (Lipinski definition) is 4. The lowest BCUT2D eigenvalue weighted by Crippen LogP contribution is -2.31. The predicted molar refractivity (Wildman–Crippen MR) is 114 cm³/mol. The van der Waals surface area contributed by atoms with Crippen molar-refractivity contribution < 1.29 is 13.6 Å². The van der Waals surface area contributed by atoms with Crippen LogP contribution in [-0.2, 0) is 16.8 Å². The molecular formula is C22H31F2N3OS. The summed E-state index contributed by atoms with van der Waals surface area (Å²) < 4.78 is 24.4. The van der Waals surface area contributed by atoms with Crippen LogP contribution in [0.1, 0.15) is 55.5 Å². The van der Waals surface area contributed by atoms with E-state index in [9.17, 15) is 13.6 Å². The number of benzene rings is 1. The van der Waals surface area contributed by atoms with Gasteiger partial charge in [-0.25, -0.2) is 13.8 Å². The smallest absolute Gasteiger partial charge is 0.216 e. The van der Waals surface area contributed by atoms with Crippen LogP contribution in [0.3, 0.4) is 0 Å². The minimum absolute atomic E-state index is 0.0481. The van der Waals surface area contributed by atoms with Crippen molar-refractivity contribution >= 4 is 17.2 Å². The van der Waals surface area contributed by atoms with Crippen LogP contribution in [0.5, 0.6) is 0 Å². The largest absolute Gasteiger partial charge is 0.356 e. The summed E-state index contributed by atoms with van der Waals surface area (Å²) in [5.41, 5.74) is 0.788. The van der Waals surface area contributed by atoms with Crippen LogP contribution in [-0.4, -0.2) is 24.0 Å². The molecular weight excluding hydrogens is 392 g/mol. The van der Waals surface area contributed by atoms with Crippen LogP contribution < -0.4 is 10.6 Å². The molecule has 0 unspecified atom stereocenters. The fourth-order valence-corrected chi connectivity index (χ4v) is 4.34. The second kappa shape index (κ2) is 10.8. The van der Waals surface area contributed by atoms with E-state index in [1.54, 1.807) is 13.8 Å². The Hall–Kier alpha value is -1.86. The molecule has 29 heavy (non-hydrogen) atoms. The molecule has 0 atom stereocenters. The predicted octanol–water partition coefficient (Wildman–Crippen LogP) is 4.72. The highest BCUT2D eigenvalue weighted by molar-refractivity contribution is 7.11. The molecule has 2 N–H and O–H groups in total. The molecule has 0 saturated heterocycles. The van der Waals surface area contributed by atoms with Gasteiger partial charge in [0.2, 0.25) is 5.91 Å². The normalized spacial score (nSPS) is 14.3. The van der Waals surface area contributed by atoms with E-state index in [4.69, 9.17) is 0 Å². The van der Waals surface area contributed by atoms with Gasteiger partial charge in [0.25, 0.3) is 0 Å². The topological polar surface area (TPSA) is 54.0 Å². The first-order valence-electron chi connectivity index (χ1n) is 10.1. The molecule has 1 fully saturated rings. The first-order chi connectivity index (χ1) is 13.7. The van der Waals surface area contributed by atoms with E-state index in [-0.39, 0.29) is 11.4 Å². The lowest BCUT2D eigenvalue weighted by Gasteiger charge is -2.15. The van der Waals surface area contributed by atoms with Crippen molar-refractivity contribution in [1.82, 2.24) is 15.6 Å². The van der Waals surface area contributed by atoms with Crippen molar-refractivity contribution in [2.24, 2.45) is 5.92 Å². The third-order valence-corrected chi connectivity index (χ3v) is 5.78.